The standard InChI is InChI=1S/C12H17N3O2/c1-2-17-11-6-5-9(8-14-11)15-12(16)10-4-3-7-13-10/h5-6,8,10,13H,2-4,7H2,1H3,(H,15,16)/t10-/m1/s1. The Bertz CT molecular complexity index is 372. The lowest BCUT2D eigenvalue weighted by Gasteiger charge is -2.11. The van der Waals surface area contributed by atoms with Crippen molar-refractivity contribution in [2.45, 2.75) is 25.8 Å². The Balaban J connectivity index is 1.91. The summed E-state index contributed by atoms with van der Waals surface area (Å²) < 4.78 is 5.23. The monoisotopic (exact) mass is 235 g/mol. The van der Waals surface area contributed by atoms with Gasteiger partial charge in [-0.1, -0.05) is 0 Å². The molecule has 0 saturated carbocycles. The van der Waals surface area contributed by atoms with Gasteiger partial charge in [-0.25, -0.2) is 4.98 Å². The van der Waals surface area contributed by atoms with Crippen molar-refractivity contribution in [1.82, 2.24) is 10.3 Å². The van der Waals surface area contributed by atoms with Gasteiger partial charge in [-0.2, -0.15) is 0 Å². The lowest BCUT2D eigenvalue weighted by molar-refractivity contribution is -0.117. The average molecular weight is 235 g/mol. The molecule has 1 fully saturated rings. The van der Waals surface area contributed by atoms with Crippen molar-refractivity contribution in [3.63, 3.8) is 0 Å². The van der Waals surface area contributed by atoms with Crippen LogP contribution in [0, 0.1) is 0 Å². The lowest BCUT2D eigenvalue weighted by Crippen LogP contribution is -2.35. The molecule has 0 unspecified atom stereocenters. The zero-order valence-electron chi connectivity index (χ0n) is 9.90. The fourth-order valence-electron chi connectivity index (χ4n) is 1.83. The van der Waals surface area contributed by atoms with E-state index in [1.165, 1.54) is 0 Å². The third kappa shape index (κ3) is 3.17. The van der Waals surface area contributed by atoms with Crippen molar-refractivity contribution in [2.75, 3.05) is 18.5 Å². The molecule has 2 rings (SSSR count). The van der Waals surface area contributed by atoms with Crippen molar-refractivity contribution in [3.8, 4) is 5.88 Å². The Labute approximate surface area is 101 Å². The molecule has 92 valence electrons. The Morgan fingerprint density at radius 1 is 1.65 bits per heavy atom. The second-order valence-corrected chi connectivity index (χ2v) is 3.96. The summed E-state index contributed by atoms with van der Waals surface area (Å²) in [4.78, 5) is 15.9. The van der Waals surface area contributed by atoms with Crippen LogP contribution in [0.15, 0.2) is 18.3 Å². The van der Waals surface area contributed by atoms with Gasteiger partial charge in [0.2, 0.25) is 11.8 Å². The predicted molar refractivity (Wildman–Crippen MR) is 65.1 cm³/mol. The second kappa shape index (κ2) is 5.63. The molecule has 1 atom stereocenters. The number of aromatic nitrogens is 1. The van der Waals surface area contributed by atoms with E-state index in [1.807, 2.05) is 6.92 Å². The number of rotatable bonds is 4. The maximum Gasteiger partial charge on any atom is 0.241 e. The van der Waals surface area contributed by atoms with Gasteiger partial charge in [0.1, 0.15) is 0 Å². The van der Waals surface area contributed by atoms with E-state index in [4.69, 9.17) is 4.74 Å². The Morgan fingerprint density at radius 3 is 3.12 bits per heavy atom. The van der Waals surface area contributed by atoms with Gasteiger partial charge in [0.25, 0.3) is 0 Å². The molecule has 5 heteroatoms. The summed E-state index contributed by atoms with van der Waals surface area (Å²) >= 11 is 0. The highest BCUT2D eigenvalue weighted by molar-refractivity contribution is 5.94. The number of anilines is 1. The molecular weight excluding hydrogens is 218 g/mol. The van der Waals surface area contributed by atoms with Gasteiger partial charge in [-0.05, 0) is 32.4 Å². The molecule has 0 radical (unpaired) electrons. The van der Waals surface area contributed by atoms with Crippen LogP contribution in [0.2, 0.25) is 0 Å². The maximum absolute atomic E-state index is 11.8. The summed E-state index contributed by atoms with van der Waals surface area (Å²) in [5.41, 5.74) is 0.701. The zero-order valence-corrected chi connectivity index (χ0v) is 9.90. The fraction of sp³-hybridized carbons (Fsp3) is 0.500. The molecule has 1 aliphatic rings. The minimum Gasteiger partial charge on any atom is -0.478 e. The Morgan fingerprint density at radius 2 is 2.53 bits per heavy atom. The highest BCUT2D eigenvalue weighted by Crippen LogP contribution is 2.13. The van der Waals surface area contributed by atoms with E-state index >= 15 is 0 Å². The topological polar surface area (TPSA) is 63.2 Å². The number of ether oxygens (including phenoxy) is 1. The first-order valence-electron chi connectivity index (χ1n) is 5.92. The summed E-state index contributed by atoms with van der Waals surface area (Å²) in [6, 6.07) is 3.48. The molecular formula is C12H17N3O2. The molecule has 5 nitrogen and oxygen atoms in total. The molecule has 0 aromatic carbocycles. The van der Waals surface area contributed by atoms with Crippen LogP contribution in [-0.4, -0.2) is 30.1 Å². The van der Waals surface area contributed by atoms with Gasteiger partial charge in [-0.3, -0.25) is 4.79 Å². The summed E-state index contributed by atoms with van der Waals surface area (Å²) in [5.74, 6) is 0.581. The number of carbonyl (C=O) groups is 1. The fourth-order valence-corrected chi connectivity index (χ4v) is 1.83. The van der Waals surface area contributed by atoms with Crippen molar-refractivity contribution in [1.29, 1.82) is 0 Å². The minimum atomic E-state index is -0.0680. The van der Waals surface area contributed by atoms with Gasteiger partial charge < -0.3 is 15.4 Å². The molecule has 1 saturated heterocycles. The highest BCUT2D eigenvalue weighted by atomic mass is 16.5. The predicted octanol–water partition coefficient (Wildman–Crippen LogP) is 1.17. The number of carbonyl (C=O) groups excluding carboxylic acids is 1. The summed E-state index contributed by atoms with van der Waals surface area (Å²) in [6.07, 6.45) is 3.56. The normalized spacial score (nSPS) is 19.0. The van der Waals surface area contributed by atoms with E-state index < -0.39 is 0 Å². The Hall–Kier alpha value is -1.62. The molecule has 1 amide bonds. The van der Waals surface area contributed by atoms with Crippen LogP contribution in [0.3, 0.4) is 0 Å². The van der Waals surface area contributed by atoms with Crippen molar-refractivity contribution in [2.24, 2.45) is 0 Å². The number of amides is 1. The third-order valence-corrected chi connectivity index (χ3v) is 2.67. The second-order valence-electron chi connectivity index (χ2n) is 3.96. The third-order valence-electron chi connectivity index (χ3n) is 2.67. The van der Waals surface area contributed by atoms with Crippen LogP contribution in [0.5, 0.6) is 5.88 Å². The number of nitrogens with one attached hydrogen (secondary N) is 2. The molecule has 1 aromatic heterocycles. The molecule has 2 heterocycles. The van der Waals surface area contributed by atoms with Gasteiger partial charge in [0.05, 0.1) is 24.5 Å². The van der Waals surface area contributed by atoms with Crippen LogP contribution >= 0.6 is 0 Å². The van der Waals surface area contributed by atoms with Gasteiger partial charge in [0, 0.05) is 6.07 Å². The van der Waals surface area contributed by atoms with Crippen molar-refractivity contribution >= 4 is 11.6 Å². The first kappa shape index (κ1) is 11.9. The van der Waals surface area contributed by atoms with E-state index in [-0.39, 0.29) is 11.9 Å². The molecule has 1 aromatic rings. The van der Waals surface area contributed by atoms with Gasteiger partial charge in [0.15, 0.2) is 0 Å². The first-order valence-corrected chi connectivity index (χ1v) is 5.92. The molecule has 0 spiro atoms. The number of pyridine rings is 1. The van der Waals surface area contributed by atoms with E-state index in [9.17, 15) is 4.79 Å². The minimum absolute atomic E-state index is 0.00783. The molecule has 0 aliphatic carbocycles. The van der Waals surface area contributed by atoms with Crippen LogP contribution in [-0.2, 0) is 4.79 Å². The number of hydrogen-bond acceptors (Lipinski definition) is 4. The molecule has 17 heavy (non-hydrogen) atoms. The largest absolute Gasteiger partial charge is 0.478 e. The van der Waals surface area contributed by atoms with Crippen LogP contribution < -0.4 is 15.4 Å². The highest BCUT2D eigenvalue weighted by Gasteiger charge is 2.21. The summed E-state index contributed by atoms with van der Waals surface area (Å²) in [5, 5.41) is 5.98. The van der Waals surface area contributed by atoms with Gasteiger partial charge in [-0.15, -0.1) is 0 Å². The van der Waals surface area contributed by atoms with Crippen LogP contribution in [0.1, 0.15) is 19.8 Å². The smallest absolute Gasteiger partial charge is 0.241 e. The Kier molecular flexibility index (Phi) is 3.93. The average Bonchev–Trinajstić information content (AvgIpc) is 2.86. The zero-order chi connectivity index (χ0) is 12.1. The van der Waals surface area contributed by atoms with E-state index in [1.54, 1.807) is 18.3 Å². The summed E-state index contributed by atoms with van der Waals surface area (Å²) in [6.45, 7) is 3.41. The quantitative estimate of drug-likeness (QED) is 0.822. The van der Waals surface area contributed by atoms with E-state index in [2.05, 4.69) is 15.6 Å². The van der Waals surface area contributed by atoms with E-state index in [0.29, 0.717) is 18.2 Å². The first-order chi connectivity index (χ1) is 8.29. The number of nitrogens with zero attached hydrogens (tertiary/aromatic N) is 1. The molecule has 0 bridgehead atoms. The van der Waals surface area contributed by atoms with Gasteiger partial charge >= 0.3 is 0 Å². The van der Waals surface area contributed by atoms with E-state index in [0.717, 1.165) is 19.4 Å². The lowest BCUT2D eigenvalue weighted by atomic mass is 10.2. The molecule has 1 aliphatic heterocycles. The molecule has 2 N–H and O–H groups in total. The summed E-state index contributed by atoms with van der Waals surface area (Å²) in [7, 11) is 0. The van der Waals surface area contributed by atoms with Crippen LogP contribution in [0.4, 0.5) is 5.69 Å². The van der Waals surface area contributed by atoms with Crippen LogP contribution in [0.25, 0.3) is 0 Å². The maximum atomic E-state index is 11.8. The number of hydrogen-bond donors (Lipinski definition) is 2. The SMILES string of the molecule is CCOc1ccc(NC(=O)[C@H]2CCCN2)cn1. The van der Waals surface area contributed by atoms with Crippen molar-refractivity contribution < 1.29 is 9.53 Å². The van der Waals surface area contributed by atoms with Crippen molar-refractivity contribution in [3.05, 3.63) is 18.3 Å².